The Labute approximate surface area is 133 Å². The molecule has 0 aromatic carbocycles. The Morgan fingerprint density at radius 3 is 1.52 bits per heavy atom. The zero-order valence-electron chi connectivity index (χ0n) is 12.3. The molecule has 0 amide bonds. The average Bonchev–Trinajstić information content (AvgIpc) is 2.33. The van der Waals surface area contributed by atoms with E-state index in [-0.39, 0.29) is 0 Å². The normalized spacial score (nSPS) is 15.3. The molecule has 0 heterocycles. The fourth-order valence-electron chi connectivity index (χ4n) is 1.38. The van der Waals surface area contributed by atoms with E-state index in [9.17, 15) is 57.5 Å². The van der Waals surface area contributed by atoms with E-state index in [4.69, 9.17) is 0 Å². The van der Waals surface area contributed by atoms with E-state index in [2.05, 4.69) is 4.43 Å². The SMILES string of the molecule is C[Si](C)(CCC(F)(F)C(F)(F)C(F)(F)C(F)(F)F)OC(=O)C(F)(F)F. The van der Waals surface area contributed by atoms with Gasteiger partial charge in [-0.3, -0.25) is 0 Å². The first-order valence-electron chi connectivity index (χ1n) is 6.09. The molecule has 0 bridgehead atoms. The summed E-state index contributed by atoms with van der Waals surface area (Å²) in [6.07, 6.45) is -14.9. The molecule has 0 aliphatic carbocycles. The summed E-state index contributed by atoms with van der Waals surface area (Å²) in [5.74, 6) is -22.7. The van der Waals surface area contributed by atoms with Crippen molar-refractivity contribution in [2.24, 2.45) is 0 Å². The van der Waals surface area contributed by atoms with Gasteiger partial charge in [-0.05, 0) is 19.1 Å². The van der Waals surface area contributed by atoms with Crippen molar-refractivity contribution in [2.45, 2.75) is 55.7 Å². The van der Waals surface area contributed by atoms with Gasteiger partial charge >= 0.3 is 36.1 Å². The van der Waals surface area contributed by atoms with Gasteiger partial charge in [-0.25, -0.2) is 4.79 Å². The van der Waals surface area contributed by atoms with Crippen LogP contribution in [0.1, 0.15) is 6.42 Å². The molecule has 0 saturated heterocycles. The third kappa shape index (κ3) is 5.16. The van der Waals surface area contributed by atoms with Gasteiger partial charge in [0.2, 0.25) is 8.32 Å². The Bertz CT molecular complexity index is 493. The van der Waals surface area contributed by atoms with Crippen molar-refractivity contribution < 1.29 is 61.9 Å². The van der Waals surface area contributed by atoms with Crippen molar-refractivity contribution >= 4 is 14.3 Å². The van der Waals surface area contributed by atoms with Crippen LogP contribution in [0.4, 0.5) is 52.7 Å². The molecular weight excluding hydrogens is 408 g/mol. The molecule has 25 heavy (non-hydrogen) atoms. The van der Waals surface area contributed by atoms with Gasteiger partial charge in [0.25, 0.3) is 0 Å². The lowest BCUT2D eigenvalue weighted by atomic mass is 10.0. The molecule has 0 rings (SSSR count). The lowest BCUT2D eigenvalue weighted by Gasteiger charge is -2.34. The van der Waals surface area contributed by atoms with Crippen LogP contribution in [-0.2, 0) is 9.22 Å². The van der Waals surface area contributed by atoms with E-state index in [0.29, 0.717) is 13.1 Å². The van der Waals surface area contributed by atoms with E-state index in [1.165, 1.54) is 0 Å². The largest absolute Gasteiger partial charge is 0.513 e. The lowest BCUT2D eigenvalue weighted by molar-refractivity contribution is -0.396. The van der Waals surface area contributed by atoms with Crippen LogP contribution in [0.15, 0.2) is 0 Å². The zero-order chi connectivity index (χ0) is 20.7. The van der Waals surface area contributed by atoms with Crippen LogP contribution >= 0.6 is 0 Å². The Balaban J connectivity index is 5.29. The highest BCUT2D eigenvalue weighted by Gasteiger charge is 2.81. The first kappa shape index (κ1) is 23.8. The third-order valence-corrected chi connectivity index (χ3v) is 5.04. The Morgan fingerprint density at radius 2 is 1.20 bits per heavy atom. The van der Waals surface area contributed by atoms with Crippen molar-refractivity contribution in [3.05, 3.63) is 0 Å². The second kappa shape index (κ2) is 6.54. The monoisotopic (exact) mass is 418 g/mol. The van der Waals surface area contributed by atoms with Crippen LogP contribution in [0.25, 0.3) is 0 Å². The van der Waals surface area contributed by atoms with Crippen LogP contribution in [0.2, 0.25) is 19.1 Å². The number of alkyl halides is 12. The summed E-state index contributed by atoms with van der Waals surface area (Å²) in [5, 5.41) is 0. The van der Waals surface area contributed by atoms with Gasteiger partial charge in [-0.15, -0.1) is 0 Å². The quantitative estimate of drug-likeness (QED) is 0.440. The molecule has 0 N–H and O–H groups in total. The number of hydrogen-bond acceptors (Lipinski definition) is 2. The van der Waals surface area contributed by atoms with Crippen LogP contribution < -0.4 is 0 Å². The maximum absolute atomic E-state index is 13.3. The molecule has 0 fully saturated rings. The summed E-state index contributed by atoms with van der Waals surface area (Å²) in [4.78, 5) is 10.6. The zero-order valence-corrected chi connectivity index (χ0v) is 13.3. The second-order valence-electron chi connectivity index (χ2n) is 5.50. The lowest BCUT2D eigenvalue weighted by Crippen LogP contribution is -2.61. The molecular formula is C10H10F12O2Si. The minimum Gasteiger partial charge on any atom is -0.513 e. The maximum Gasteiger partial charge on any atom is 0.489 e. The fraction of sp³-hybridized carbons (Fsp3) is 0.900. The minimum atomic E-state index is -7.09. The summed E-state index contributed by atoms with van der Waals surface area (Å²) in [7, 11) is -4.08. The number of rotatable bonds is 6. The molecule has 0 aliphatic rings. The first-order valence-corrected chi connectivity index (χ1v) is 9.20. The van der Waals surface area contributed by atoms with Crippen molar-refractivity contribution in [1.29, 1.82) is 0 Å². The van der Waals surface area contributed by atoms with E-state index < -0.39 is 56.9 Å². The standard InChI is InChI=1S/C10H10F12O2Si/c1-25(2,24-5(23)7(13,14)15)4-3-6(11,12)8(16,17)9(18,19)10(20,21)22/h3-4H2,1-2H3. The van der Waals surface area contributed by atoms with Crippen molar-refractivity contribution in [2.75, 3.05) is 0 Å². The van der Waals surface area contributed by atoms with Crippen molar-refractivity contribution in [1.82, 2.24) is 0 Å². The molecule has 0 spiro atoms. The summed E-state index contributed by atoms with van der Waals surface area (Å²) in [5.41, 5.74) is 0. The summed E-state index contributed by atoms with van der Waals surface area (Å²) < 4.78 is 153. The number of carbonyl (C=O) groups is 1. The molecule has 0 atom stereocenters. The van der Waals surface area contributed by atoms with Gasteiger partial charge in [0, 0.05) is 6.42 Å². The predicted octanol–water partition coefficient (Wildman–Crippen LogP) is 5.16. The third-order valence-electron chi connectivity index (χ3n) is 2.85. The minimum absolute atomic E-state index is 0.687. The van der Waals surface area contributed by atoms with Gasteiger partial charge in [0.1, 0.15) is 0 Å². The van der Waals surface area contributed by atoms with E-state index in [1.807, 2.05) is 0 Å². The maximum atomic E-state index is 13.3. The van der Waals surface area contributed by atoms with Gasteiger partial charge in [0.15, 0.2) is 0 Å². The Morgan fingerprint density at radius 1 is 0.800 bits per heavy atom. The van der Waals surface area contributed by atoms with Gasteiger partial charge in [-0.2, -0.15) is 52.7 Å². The van der Waals surface area contributed by atoms with Gasteiger partial charge in [-0.1, -0.05) is 0 Å². The molecule has 0 aromatic heterocycles. The number of hydrogen-bond donors (Lipinski definition) is 0. The average molecular weight is 418 g/mol. The topological polar surface area (TPSA) is 26.3 Å². The molecule has 0 saturated carbocycles. The molecule has 0 aliphatic heterocycles. The molecule has 15 heteroatoms. The Hall–Kier alpha value is -1.15. The first-order chi connectivity index (χ1) is 10.6. The van der Waals surface area contributed by atoms with Gasteiger partial charge < -0.3 is 4.43 Å². The predicted molar refractivity (Wildman–Crippen MR) is 59.9 cm³/mol. The van der Waals surface area contributed by atoms with Crippen molar-refractivity contribution in [3.8, 4) is 0 Å². The summed E-state index contributed by atoms with van der Waals surface area (Å²) >= 11 is 0. The van der Waals surface area contributed by atoms with E-state index in [1.54, 1.807) is 0 Å². The molecule has 2 nitrogen and oxygen atoms in total. The molecule has 0 radical (unpaired) electrons. The smallest absolute Gasteiger partial charge is 0.489 e. The van der Waals surface area contributed by atoms with Gasteiger partial charge in [0.05, 0.1) is 0 Å². The second-order valence-corrected chi connectivity index (χ2v) is 9.72. The number of halogens is 12. The van der Waals surface area contributed by atoms with E-state index >= 15 is 0 Å². The molecule has 150 valence electrons. The van der Waals surface area contributed by atoms with Crippen molar-refractivity contribution in [3.63, 3.8) is 0 Å². The highest BCUT2D eigenvalue weighted by molar-refractivity contribution is 6.72. The molecule has 0 aromatic rings. The Kier molecular flexibility index (Phi) is 6.23. The number of carbonyl (C=O) groups excluding carboxylic acids is 1. The highest BCUT2D eigenvalue weighted by atomic mass is 28.4. The van der Waals surface area contributed by atoms with E-state index in [0.717, 1.165) is 0 Å². The fourth-order valence-corrected chi connectivity index (χ4v) is 3.02. The summed E-state index contributed by atoms with van der Waals surface area (Å²) in [6.45, 7) is 1.37. The van der Waals surface area contributed by atoms with Crippen LogP contribution in [0, 0.1) is 0 Å². The highest BCUT2D eigenvalue weighted by Crippen LogP contribution is 2.54. The molecule has 0 unspecified atom stereocenters. The van der Waals surface area contributed by atoms with Crippen LogP contribution in [-0.4, -0.2) is 44.4 Å². The van der Waals surface area contributed by atoms with Crippen LogP contribution in [0.3, 0.4) is 0 Å². The summed E-state index contributed by atoms with van der Waals surface area (Å²) in [6, 6.07) is -1.43. The van der Waals surface area contributed by atoms with Crippen LogP contribution in [0.5, 0.6) is 0 Å².